The predicted molar refractivity (Wildman–Crippen MR) is 277 cm³/mol. The maximum Gasteiger partial charge on any atom is 0.416 e. The van der Waals surface area contributed by atoms with E-state index in [9.17, 15) is 5.26 Å². The first kappa shape index (κ1) is 44.2. The Morgan fingerprint density at radius 1 is 0.400 bits per heavy atom. The molecule has 0 atom stereocenters. The third kappa shape index (κ3) is 7.57. The first-order valence-corrected chi connectivity index (χ1v) is 23.3. The highest BCUT2D eigenvalue weighted by molar-refractivity contribution is 6.11. The number of nitrogens with zero attached hydrogens (tertiary/aromatic N) is 6. The van der Waals surface area contributed by atoms with Crippen molar-refractivity contribution in [1.29, 1.82) is 5.26 Å². The number of hydrogen-bond acceptors (Lipinski definition) is 4. The average molecular weight is 921 g/mol. The minimum atomic E-state index is -4.67. The van der Waals surface area contributed by atoms with Crippen LogP contribution in [0.2, 0.25) is 0 Å². The van der Waals surface area contributed by atoms with E-state index < -0.39 is 11.7 Å². The maximum atomic E-state index is 15.0. The summed E-state index contributed by atoms with van der Waals surface area (Å²) in [7, 11) is 0. The summed E-state index contributed by atoms with van der Waals surface area (Å²) < 4.78 is 49.3. The van der Waals surface area contributed by atoms with E-state index in [1.54, 1.807) is 6.07 Å². The van der Waals surface area contributed by atoms with Gasteiger partial charge in [0.25, 0.3) is 0 Å². The van der Waals surface area contributed by atoms with Gasteiger partial charge in [0.2, 0.25) is 0 Å². The number of alkyl halides is 3. The first-order chi connectivity index (χ1) is 33.6. The summed E-state index contributed by atoms with van der Waals surface area (Å²) in [5, 5.41) is 14.4. The van der Waals surface area contributed by atoms with Gasteiger partial charge in [0.1, 0.15) is 0 Å². The van der Waals surface area contributed by atoms with Crippen molar-refractivity contribution in [2.75, 3.05) is 0 Å². The molecular formula is C61H47F3N6. The fourth-order valence-corrected chi connectivity index (χ4v) is 9.72. The van der Waals surface area contributed by atoms with Crippen molar-refractivity contribution >= 4 is 43.6 Å². The van der Waals surface area contributed by atoms with Crippen molar-refractivity contribution < 1.29 is 13.2 Å². The van der Waals surface area contributed by atoms with E-state index in [1.165, 1.54) is 11.6 Å². The van der Waals surface area contributed by atoms with Gasteiger partial charge in [-0.2, -0.15) is 18.4 Å². The molecule has 6 nitrogen and oxygen atoms in total. The van der Waals surface area contributed by atoms with Crippen LogP contribution in [-0.4, -0.2) is 24.1 Å². The SMILES string of the molecule is CC(C)(C)c1ccc2c(c1)c1ccccc1n2-c1ccc(C(F)(F)F)cc1-c1nc(-c2ccccc2)nc(-c2ccc(-c3ccccc3C#N)cc2-n2c3ccccc3c3cc(C(C)(C)C)ccc32)n1. The van der Waals surface area contributed by atoms with Crippen LogP contribution < -0.4 is 0 Å². The van der Waals surface area contributed by atoms with Gasteiger partial charge in [-0.3, -0.25) is 0 Å². The molecule has 0 unspecified atom stereocenters. The van der Waals surface area contributed by atoms with Crippen LogP contribution in [0.4, 0.5) is 13.2 Å². The number of para-hydroxylation sites is 2. The number of fused-ring (bicyclic) bond motifs is 6. The number of rotatable bonds is 6. The number of hydrogen-bond donors (Lipinski definition) is 0. The lowest BCUT2D eigenvalue weighted by Gasteiger charge is -2.20. The van der Waals surface area contributed by atoms with Gasteiger partial charge in [-0.25, -0.2) is 15.0 Å². The lowest BCUT2D eigenvalue weighted by Crippen LogP contribution is -2.11. The standard InChI is InChI=1S/C61H47F3N6/c1-59(2,3)40-25-29-52-47(33-40)44-20-12-14-22-50(44)69(52)54-31-27-42(61(62,63)64)35-49(54)58-67-56(37-16-8-7-9-17-37)66-57(68-58)46-28-24-38(43-19-11-10-18-39(43)36-65)32-55(46)70-51-23-15-13-21-45(51)48-34-41(60(4,5)6)26-30-53(48)70/h7-35H,1-6H3. The molecular weight excluding hydrogens is 874 g/mol. The van der Waals surface area contributed by atoms with Gasteiger partial charge >= 0.3 is 6.18 Å². The van der Waals surface area contributed by atoms with Crippen molar-refractivity contribution in [2.24, 2.45) is 0 Å². The molecule has 70 heavy (non-hydrogen) atoms. The molecule has 0 aliphatic heterocycles. The van der Waals surface area contributed by atoms with Crippen molar-refractivity contribution in [3.05, 3.63) is 198 Å². The maximum absolute atomic E-state index is 15.0. The summed E-state index contributed by atoms with van der Waals surface area (Å²) in [6, 6.07) is 58.2. The van der Waals surface area contributed by atoms with Crippen LogP contribution in [0.15, 0.2) is 176 Å². The second-order valence-corrected chi connectivity index (χ2v) is 20.0. The Labute approximate surface area is 404 Å². The zero-order valence-corrected chi connectivity index (χ0v) is 39.6. The highest BCUT2D eigenvalue weighted by atomic mass is 19.4. The summed E-state index contributed by atoms with van der Waals surface area (Å²) >= 11 is 0. The van der Waals surface area contributed by atoms with Crippen molar-refractivity contribution in [3.63, 3.8) is 0 Å². The summed E-state index contributed by atoms with van der Waals surface area (Å²) in [6.45, 7) is 13.1. The second kappa shape index (κ2) is 16.4. The van der Waals surface area contributed by atoms with Gasteiger partial charge in [-0.15, -0.1) is 0 Å². The lowest BCUT2D eigenvalue weighted by molar-refractivity contribution is -0.137. The molecule has 0 spiro atoms. The van der Waals surface area contributed by atoms with Crippen LogP contribution in [0, 0.1) is 11.3 Å². The zero-order chi connectivity index (χ0) is 48.7. The van der Waals surface area contributed by atoms with E-state index in [4.69, 9.17) is 15.0 Å². The molecule has 9 heteroatoms. The smallest absolute Gasteiger partial charge is 0.309 e. The number of benzene rings is 8. The van der Waals surface area contributed by atoms with Gasteiger partial charge in [0.05, 0.1) is 50.6 Å². The monoisotopic (exact) mass is 920 g/mol. The molecule has 3 aromatic heterocycles. The Morgan fingerprint density at radius 2 is 0.900 bits per heavy atom. The molecule has 0 saturated heterocycles. The Kier molecular flexibility index (Phi) is 10.4. The van der Waals surface area contributed by atoms with E-state index in [2.05, 4.69) is 113 Å². The van der Waals surface area contributed by atoms with Crippen LogP contribution in [0.25, 0.3) is 100 Å². The summed E-state index contributed by atoms with van der Waals surface area (Å²) in [5.41, 5.74) is 9.53. The summed E-state index contributed by atoms with van der Waals surface area (Å²) in [5.74, 6) is 0.628. The van der Waals surface area contributed by atoms with Gasteiger partial charge in [-0.1, -0.05) is 145 Å². The van der Waals surface area contributed by atoms with Crippen molar-refractivity contribution in [2.45, 2.75) is 58.5 Å². The fourth-order valence-electron chi connectivity index (χ4n) is 9.72. The average Bonchev–Trinajstić information content (AvgIpc) is 3.87. The number of aromatic nitrogens is 5. The highest BCUT2D eigenvalue weighted by Crippen LogP contribution is 2.43. The van der Waals surface area contributed by atoms with Crippen LogP contribution in [-0.2, 0) is 17.0 Å². The molecule has 0 fully saturated rings. The number of halogens is 3. The van der Waals surface area contributed by atoms with E-state index in [1.807, 2.05) is 95.6 Å². The molecule has 0 aliphatic rings. The summed E-state index contributed by atoms with van der Waals surface area (Å²) in [6.07, 6.45) is -4.67. The van der Waals surface area contributed by atoms with E-state index in [0.29, 0.717) is 28.2 Å². The Balaban J connectivity index is 1.24. The minimum Gasteiger partial charge on any atom is -0.309 e. The second-order valence-electron chi connectivity index (χ2n) is 20.0. The molecule has 0 aliphatic carbocycles. The molecule has 0 saturated carbocycles. The molecule has 11 rings (SSSR count). The van der Waals surface area contributed by atoms with Crippen LogP contribution in [0.5, 0.6) is 0 Å². The topological polar surface area (TPSA) is 72.3 Å². The zero-order valence-electron chi connectivity index (χ0n) is 39.6. The van der Waals surface area contributed by atoms with E-state index in [-0.39, 0.29) is 28.0 Å². The molecule has 342 valence electrons. The fraction of sp³-hybridized carbons (Fsp3) is 0.148. The van der Waals surface area contributed by atoms with E-state index in [0.717, 1.165) is 78.1 Å². The molecule has 0 N–H and O–H groups in total. The molecule has 0 radical (unpaired) electrons. The van der Waals surface area contributed by atoms with Gasteiger partial charge < -0.3 is 9.13 Å². The molecule has 0 bridgehead atoms. The highest BCUT2D eigenvalue weighted by Gasteiger charge is 2.33. The molecule has 8 aromatic carbocycles. The van der Waals surface area contributed by atoms with Crippen LogP contribution in [0.3, 0.4) is 0 Å². The normalized spacial score (nSPS) is 12.3. The van der Waals surface area contributed by atoms with Crippen LogP contribution >= 0.6 is 0 Å². The molecule has 11 aromatic rings. The largest absolute Gasteiger partial charge is 0.416 e. The van der Waals surface area contributed by atoms with Gasteiger partial charge in [0, 0.05) is 38.2 Å². The summed E-state index contributed by atoms with van der Waals surface area (Å²) in [4.78, 5) is 15.5. The van der Waals surface area contributed by atoms with Gasteiger partial charge in [0.15, 0.2) is 17.5 Å². The third-order valence-corrected chi connectivity index (χ3v) is 13.4. The first-order valence-electron chi connectivity index (χ1n) is 23.3. The minimum absolute atomic E-state index is 0.0732. The van der Waals surface area contributed by atoms with Crippen molar-refractivity contribution in [3.8, 4) is 62.7 Å². The lowest BCUT2D eigenvalue weighted by atomic mass is 9.86. The van der Waals surface area contributed by atoms with Gasteiger partial charge in [-0.05, 0) is 106 Å². The molecule has 3 heterocycles. The Hall–Kier alpha value is -8.35. The van der Waals surface area contributed by atoms with E-state index >= 15 is 13.2 Å². The Bertz CT molecular complexity index is 3910. The quantitative estimate of drug-likeness (QED) is 0.167. The molecule has 0 amide bonds. The van der Waals surface area contributed by atoms with Crippen molar-refractivity contribution in [1.82, 2.24) is 24.1 Å². The van der Waals surface area contributed by atoms with Crippen LogP contribution in [0.1, 0.15) is 63.8 Å². The third-order valence-electron chi connectivity index (χ3n) is 13.4. The Morgan fingerprint density at radius 3 is 1.49 bits per heavy atom. The number of nitriles is 1. The predicted octanol–water partition coefficient (Wildman–Crippen LogP) is 16.2.